The van der Waals surface area contributed by atoms with Crippen molar-refractivity contribution in [3.8, 4) is 0 Å². The molecule has 0 amide bonds. The van der Waals surface area contributed by atoms with E-state index in [0.717, 1.165) is 44.9 Å². The number of carbonyl (C=O) groups is 2. The third-order valence-electron chi connectivity index (χ3n) is 7.50. The van der Waals surface area contributed by atoms with Gasteiger partial charge in [-0.3, -0.25) is 14.6 Å². The number of nitrogens with zero attached hydrogens (tertiary/aromatic N) is 1. The van der Waals surface area contributed by atoms with E-state index < -0.39 is 11.9 Å². The predicted molar refractivity (Wildman–Crippen MR) is 135 cm³/mol. The van der Waals surface area contributed by atoms with E-state index in [1.807, 2.05) is 27.7 Å². The van der Waals surface area contributed by atoms with Gasteiger partial charge in [-0.15, -0.1) is 0 Å². The fourth-order valence-corrected chi connectivity index (χ4v) is 6.03. The first-order valence-corrected chi connectivity index (χ1v) is 13.5. The van der Waals surface area contributed by atoms with Gasteiger partial charge in [0.2, 0.25) is 0 Å². The number of aliphatic carboxylic acids is 1. The highest BCUT2D eigenvalue weighted by atomic mass is 16.5. The number of hydrogen-bond acceptors (Lipinski definition) is 4. The SMILES string of the molecule is CC1(C)CC(C(=O)C[C@@H](CCCCCCCc2ccc3c(n2)CCCC3)C(=O)O)CC(C)(C)O1. The normalized spacial score (nSPS) is 20.5. The molecule has 5 heteroatoms. The average Bonchev–Trinajstić information content (AvgIpc) is 2.75. The Hall–Kier alpha value is -1.75. The summed E-state index contributed by atoms with van der Waals surface area (Å²) in [5, 5.41) is 9.69. The summed E-state index contributed by atoms with van der Waals surface area (Å²) in [7, 11) is 0. The third kappa shape index (κ3) is 8.18. The summed E-state index contributed by atoms with van der Waals surface area (Å²) in [6.07, 6.45) is 13.2. The van der Waals surface area contributed by atoms with Crippen molar-refractivity contribution in [3.05, 3.63) is 29.1 Å². The molecule has 2 aliphatic rings. The molecule has 1 aliphatic heterocycles. The van der Waals surface area contributed by atoms with E-state index in [1.54, 1.807) is 0 Å². The molecule has 2 heterocycles. The molecule has 0 aromatic carbocycles. The molecule has 1 atom stereocenters. The van der Waals surface area contributed by atoms with Crippen molar-refractivity contribution in [1.29, 1.82) is 0 Å². The van der Waals surface area contributed by atoms with Gasteiger partial charge < -0.3 is 9.84 Å². The molecule has 1 aromatic heterocycles. The molecule has 34 heavy (non-hydrogen) atoms. The van der Waals surface area contributed by atoms with E-state index in [-0.39, 0.29) is 29.3 Å². The second-order valence-corrected chi connectivity index (χ2v) is 11.9. The Morgan fingerprint density at radius 1 is 1.00 bits per heavy atom. The van der Waals surface area contributed by atoms with Gasteiger partial charge in [-0.05, 0) is 97.1 Å². The van der Waals surface area contributed by atoms with Crippen LogP contribution >= 0.6 is 0 Å². The van der Waals surface area contributed by atoms with Crippen molar-refractivity contribution < 1.29 is 19.4 Å². The van der Waals surface area contributed by atoms with Crippen molar-refractivity contribution in [2.75, 3.05) is 0 Å². The monoisotopic (exact) mass is 471 g/mol. The molecule has 190 valence electrons. The van der Waals surface area contributed by atoms with Gasteiger partial charge in [-0.1, -0.05) is 31.7 Å². The van der Waals surface area contributed by atoms with Crippen LogP contribution in [0, 0.1) is 11.8 Å². The number of aryl methyl sites for hydroxylation is 3. The van der Waals surface area contributed by atoms with E-state index in [4.69, 9.17) is 9.72 Å². The van der Waals surface area contributed by atoms with Gasteiger partial charge in [-0.25, -0.2) is 0 Å². The molecule has 0 unspecified atom stereocenters. The lowest BCUT2D eigenvalue weighted by Crippen LogP contribution is -2.47. The molecule has 1 fully saturated rings. The Kier molecular flexibility index (Phi) is 9.31. The van der Waals surface area contributed by atoms with E-state index in [2.05, 4.69) is 12.1 Å². The van der Waals surface area contributed by atoms with Gasteiger partial charge in [0.25, 0.3) is 0 Å². The quantitative estimate of drug-likeness (QED) is 0.353. The van der Waals surface area contributed by atoms with E-state index in [0.29, 0.717) is 19.3 Å². The van der Waals surface area contributed by atoms with Gasteiger partial charge in [0, 0.05) is 23.7 Å². The molecule has 0 radical (unpaired) electrons. The minimum atomic E-state index is -0.836. The molecule has 1 aliphatic carbocycles. The van der Waals surface area contributed by atoms with Gasteiger partial charge in [-0.2, -0.15) is 0 Å². The van der Waals surface area contributed by atoms with E-state index in [1.165, 1.54) is 36.2 Å². The lowest BCUT2D eigenvalue weighted by Gasteiger charge is -2.45. The number of aromatic nitrogens is 1. The van der Waals surface area contributed by atoms with Crippen molar-refractivity contribution in [3.63, 3.8) is 0 Å². The van der Waals surface area contributed by atoms with Gasteiger partial charge in [0.05, 0.1) is 17.1 Å². The highest BCUT2D eigenvalue weighted by Crippen LogP contribution is 2.39. The molecule has 1 saturated heterocycles. The fraction of sp³-hybridized carbons (Fsp3) is 0.759. The average molecular weight is 472 g/mol. The fourth-order valence-electron chi connectivity index (χ4n) is 6.03. The number of carboxylic acids is 1. The van der Waals surface area contributed by atoms with Crippen molar-refractivity contribution in [2.45, 2.75) is 129 Å². The lowest BCUT2D eigenvalue weighted by molar-refractivity contribution is -0.178. The molecule has 0 spiro atoms. The predicted octanol–water partition coefficient (Wildman–Crippen LogP) is 6.49. The minimum Gasteiger partial charge on any atom is -0.481 e. The first-order valence-electron chi connectivity index (χ1n) is 13.5. The first-order chi connectivity index (χ1) is 16.0. The second-order valence-electron chi connectivity index (χ2n) is 11.9. The van der Waals surface area contributed by atoms with Crippen LogP contribution in [0.2, 0.25) is 0 Å². The van der Waals surface area contributed by atoms with Crippen molar-refractivity contribution in [1.82, 2.24) is 4.98 Å². The summed E-state index contributed by atoms with van der Waals surface area (Å²) in [6.45, 7) is 8.07. The van der Waals surface area contributed by atoms with Crippen LogP contribution in [0.5, 0.6) is 0 Å². The number of fused-ring (bicyclic) bond motifs is 1. The molecule has 1 aromatic rings. The van der Waals surface area contributed by atoms with E-state index >= 15 is 0 Å². The number of ether oxygens (including phenoxy) is 1. The molecule has 3 rings (SSSR count). The number of carbonyl (C=O) groups excluding carboxylic acids is 1. The van der Waals surface area contributed by atoms with Crippen LogP contribution in [0.1, 0.15) is 115 Å². The van der Waals surface area contributed by atoms with Crippen LogP contribution in [0.15, 0.2) is 12.1 Å². The Morgan fingerprint density at radius 3 is 2.35 bits per heavy atom. The van der Waals surface area contributed by atoms with Gasteiger partial charge >= 0.3 is 5.97 Å². The van der Waals surface area contributed by atoms with Crippen molar-refractivity contribution in [2.24, 2.45) is 11.8 Å². The lowest BCUT2D eigenvalue weighted by atomic mass is 9.76. The van der Waals surface area contributed by atoms with Crippen LogP contribution in [-0.4, -0.2) is 33.0 Å². The number of pyridine rings is 1. The number of ketones is 1. The van der Waals surface area contributed by atoms with Gasteiger partial charge in [0.15, 0.2) is 0 Å². The van der Waals surface area contributed by atoms with Crippen LogP contribution in [0.25, 0.3) is 0 Å². The molecular weight excluding hydrogens is 426 g/mol. The number of Topliss-reactive ketones (excluding diaryl/α,β-unsaturated/α-hetero) is 1. The Morgan fingerprint density at radius 2 is 1.65 bits per heavy atom. The maximum atomic E-state index is 13.0. The summed E-state index contributed by atoms with van der Waals surface area (Å²) in [5.41, 5.74) is 3.26. The standard InChI is InChI=1S/C29H45NO4/c1-28(2)19-23(20-29(3,4)34-28)26(31)18-22(27(32)33)13-8-6-5-7-9-14-24-17-16-21-12-10-11-15-25(21)30-24/h16-17,22-23H,5-15,18-20H2,1-4H3,(H,32,33)/t22-/m1/s1. The maximum absolute atomic E-state index is 13.0. The van der Waals surface area contributed by atoms with Crippen molar-refractivity contribution >= 4 is 11.8 Å². The summed E-state index contributed by atoms with van der Waals surface area (Å²) >= 11 is 0. The highest BCUT2D eigenvalue weighted by molar-refractivity contribution is 5.85. The van der Waals surface area contributed by atoms with Crippen LogP contribution < -0.4 is 0 Å². The number of carboxylic acid groups (broad SMARTS) is 1. The Labute approximate surface area is 206 Å². The summed E-state index contributed by atoms with van der Waals surface area (Å²) < 4.78 is 6.09. The Bertz CT molecular complexity index is 829. The summed E-state index contributed by atoms with van der Waals surface area (Å²) in [6, 6.07) is 4.46. The molecule has 1 N–H and O–H groups in total. The maximum Gasteiger partial charge on any atom is 0.306 e. The van der Waals surface area contributed by atoms with Crippen LogP contribution in [-0.2, 0) is 33.6 Å². The second kappa shape index (κ2) is 11.8. The molecule has 0 bridgehead atoms. The van der Waals surface area contributed by atoms with Gasteiger partial charge in [0.1, 0.15) is 5.78 Å². The van der Waals surface area contributed by atoms with Crippen LogP contribution in [0.4, 0.5) is 0 Å². The van der Waals surface area contributed by atoms with E-state index in [9.17, 15) is 14.7 Å². The summed E-state index contributed by atoms with van der Waals surface area (Å²) in [4.78, 5) is 29.6. The molecule has 5 nitrogen and oxygen atoms in total. The largest absolute Gasteiger partial charge is 0.481 e. The smallest absolute Gasteiger partial charge is 0.306 e. The Balaban J connectivity index is 1.35. The highest BCUT2D eigenvalue weighted by Gasteiger charge is 2.42. The molecule has 0 saturated carbocycles. The minimum absolute atomic E-state index is 0.0920. The molecular formula is C29H45NO4. The zero-order chi connectivity index (χ0) is 24.8. The number of rotatable bonds is 12. The first kappa shape index (κ1) is 26.8. The van der Waals surface area contributed by atoms with Crippen LogP contribution in [0.3, 0.4) is 0 Å². The zero-order valence-corrected chi connectivity index (χ0v) is 21.8. The summed E-state index contributed by atoms with van der Waals surface area (Å²) in [5.74, 6) is -1.43. The topological polar surface area (TPSA) is 76.5 Å². The number of unbranched alkanes of at least 4 members (excludes halogenated alkanes) is 4. The number of hydrogen-bond donors (Lipinski definition) is 1. The third-order valence-corrected chi connectivity index (χ3v) is 7.50. The zero-order valence-electron chi connectivity index (χ0n) is 21.8.